The number of thiophene rings is 1. The summed E-state index contributed by atoms with van der Waals surface area (Å²) in [7, 11) is 0. The smallest absolute Gasteiger partial charge is 0.307 e. The Morgan fingerprint density at radius 3 is 3.00 bits per heavy atom. The van der Waals surface area contributed by atoms with Gasteiger partial charge >= 0.3 is 5.97 Å². The van der Waals surface area contributed by atoms with Crippen molar-refractivity contribution in [2.75, 3.05) is 13.1 Å². The summed E-state index contributed by atoms with van der Waals surface area (Å²) in [4.78, 5) is 14.4. The van der Waals surface area contributed by atoms with E-state index in [0.717, 1.165) is 29.4 Å². The average Bonchev–Trinajstić information content (AvgIpc) is 2.63. The minimum atomic E-state index is -0.682. The molecule has 1 fully saturated rings. The highest BCUT2D eigenvalue weighted by Gasteiger charge is 2.29. The predicted octanol–water partition coefficient (Wildman–Crippen LogP) is 2.94. The van der Waals surface area contributed by atoms with Gasteiger partial charge in [0, 0.05) is 24.5 Å². The van der Waals surface area contributed by atoms with Crippen LogP contribution in [0.3, 0.4) is 0 Å². The van der Waals surface area contributed by atoms with E-state index in [4.69, 9.17) is 16.7 Å². The summed E-state index contributed by atoms with van der Waals surface area (Å²) < 4.78 is 0. The zero-order valence-electron chi connectivity index (χ0n) is 9.73. The number of carboxylic acids is 1. The molecule has 0 saturated carbocycles. The van der Waals surface area contributed by atoms with Crippen LogP contribution in [0, 0.1) is 11.8 Å². The second-order valence-corrected chi connectivity index (χ2v) is 6.17. The van der Waals surface area contributed by atoms with Gasteiger partial charge in [-0.25, -0.2) is 0 Å². The molecular weight excluding hydrogens is 258 g/mol. The fraction of sp³-hybridized carbons (Fsp3) is 0.583. The first-order valence-corrected chi connectivity index (χ1v) is 6.99. The van der Waals surface area contributed by atoms with Crippen LogP contribution in [0.5, 0.6) is 0 Å². The van der Waals surface area contributed by atoms with Crippen molar-refractivity contribution in [1.29, 1.82) is 0 Å². The van der Waals surface area contributed by atoms with Crippen molar-refractivity contribution < 1.29 is 9.90 Å². The maximum atomic E-state index is 11.1. The highest BCUT2D eigenvalue weighted by Crippen LogP contribution is 2.27. The van der Waals surface area contributed by atoms with Crippen LogP contribution in [0.1, 0.15) is 18.2 Å². The molecule has 2 unspecified atom stereocenters. The monoisotopic (exact) mass is 273 g/mol. The van der Waals surface area contributed by atoms with Gasteiger partial charge in [-0.15, -0.1) is 11.3 Å². The summed E-state index contributed by atoms with van der Waals surface area (Å²) in [6.07, 6.45) is 0.782. The van der Waals surface area contributed by atoms with Crippen molar-refractivity contribution in [3.63, 3.8) is 0 Å². The first-order valence-electron chi connectivity index (χ1n) is 5.73. The van der Waals surface area contributed by atoms with Crippen molar-refractivity contribution in [2.24, 2.45) is 11.8 Å². The van der Waals surface area contributed by atoms with Crippen LogP contribution in [-0.2, 0) is 11.3 Å². The number of hydrogen-bond donors (Lipinski definition) is 1. The van der Waals surface area contributed by atoms with Gasteiger partial charge in [-0.1, -0.05) is 18.5 Å². The Morgan fingerprint density at radius 1 is 1.65 bits per heavy atom. The first kappa shape index (κ1) is 12.9. The molecule has 3 nitrogen and oxygen atoms in total. The van der Waals surface area contributed by atoms with Crippen LogP contribution < -0.4 is 0 Å². The topological polar surface area (TPSA) is 40.5 Å². The minimum absolute atomic E-state index is 0.238. The molecule has 1 aliphatic rings. The second-order valence-electron chi connectivity index (χ2n) is 4.76. The molecule has 0 amide bonds. The van der Waals surface area contributed by atoms with Crippen molar-refractivity contribution in [1.82, 2.24) is 4.90 Å². The van der Waals surface area contributed by atoms with Crippen LogP contribution in [0.25, 0.3) is 0 Å². The molecule has 0 aliphatic carbocycles. The van der Waals surface area contributed by atoms with E-state index in [1.807, 2.05) is 11.4 Å². The highest BCUT2D eigenvalue weighted by atomic mass is 35.5. The molecule has 1 saturated heterocycles. The van der Waals surface area contributed by atoms with E-state index in [-0.39, 0.29) is 5.92 Å². The lowest BCUT2D eigenvalue weighted by Gasteiger charge is -2.34. The molecule has 1 aliphatic heterocycles. The molecule has 0 radical (unpaired) electrons. The molecule has 5 heteroatoms. The number of piperidine rings is 1. The summed E-state index contributed by atoms with van der Waals surface area (Å²) in [6, 6.07) is 1.89. The molecular formula is C12H16ClNO2S. The summed E-state index contributed by atoms with van der Waals surface area (Å²) >= 11 is 7.69. The van der Waals surface area contributed by atoms with Crippen molar-refractivity contribution in [3.8, 4) is 0 Å². The van der Waals surface area contributed by atoms with E-state index in [1.165, 1.54) is 0 Å². The van der Waals surface area contributed by atoms with E-state index < -0.39 is 5.97 Å². The van der Waals surface area contributed by atoms with Gasteiger partial charge in [-0.05, 0) is 23.8 Å². The van der Waals surface area contributed by atoms with E-state index in [0.29, 0.717) is 12.5 Å². The Labute approximate surface area is 110 Å². The normalized spacial score (nSPS) is 26.0. The van der Waals surface area contributed by atoms with Gasteiger partial charge < -0.3 is 5.11 Å². The highest BCUT2D eigenvalue weighted by molar-refractivity contribution is 7.10. The van der Waals surface area contributed by atoms with Gasteiger partial charge in [0.05, 0.1) is 10.9 Å². The Hall–Kier alpha value is -0.580. The quantitative estimate of drug-likeness (QED) is 0.921. The minimum Gasteiger partial charge on any atom is -0.481 e. The van der Waals surface area contributed by atoms with Crippen LogP contribution in [0.15, 0.2) is 11.4 Å². The fourth-order valence-corrected chi connectivity index (χ4v) is 3.55. The van der Waals surface area contributed by atoms with Gasteiger partial charge in [0.2, 0.25) is 0 Å². The lowest BCUT2D eigenvalue weighted by Crippen LogP contribution is -2.41. The van der Waals surface area contributed by atoms with E-state index >= 15 is 0 Å². The average molecular weight is 274 g/mol. The maximum absolute atomic E-state index is 11.1. The molecule has 94 valence electrons. The lowest BCUT2D eigenvalue weighted by atomic mass is 9.90. The SMILES string of the molecule is CC1CC(C(=O)O)CN(Cc2sccc2Cl)C1. The number of nitrogens with zero attached hydrogens (tertiary/aromatic N) is 1. The van der Waals surface area contributed by atoms with Gasteiger partial charge in [0.1, 0.15) is 0 Å². The van der Waals surface area contributed by atoms with Crippen LogP contribution in [0.2, 0.25) is 5.02 Å². The van der Waals surface area contributed by atoms with Gasteiger partial charge in [0.25, 0.3) is 0 Å². The van der Waals surface area contributed by atoms with Crippen LogP contribution >= 0.6 is 22.9 Å². The number of rotatable bonds is 3. The van der Waals surface area contributed by atoms with Crippen molar-refractivity contribution in [3.05, 3.63) is 21.3 Å². The molecule has 1 N–H and O–H groups in total. The molecule has 1 aromatic rings. The zero-order valence-corrected chi connectivity index (χ0v) is 11.3. The Bertz CT molecular complexity index is 407. The third-order valence-electron chi connectivity index (χ3n) is 3.14. The number of halogens is 1. The molecule has 0 spiro atoms. The maximum Gasteiger partial charge on any atom is 0.307 e. The van der Waals surface area contributed by atoms with E-state index in [9.17, 15) is 4.79 Å². The third kappa shape index (κ3) is 3.21. The van der Waals surface area contributed by atoms with Gasteiger partial charge in [0.15, 0.2) is 0 Å². The molecule has 0 aromatic carbocycles. The molecule has 17 heavy (non-hydrogen) atoms. The summed E-state index contributed by atoms with van der Waals surface area (Å²) in [6.45, 7) is 4.47. The number of carbonyl (C=O) groups is 1. The summed E-state index contributed by atoms with van der Waals surface area (Å²) in [5.41, 5.74) is 0. The predicted molar refractivity (Wildman–Crippen MR) is 69.5 cm³/mol. The molecule has 2 heterocycles. The number of hydrogen-bond acceptors (Lipinski definition) is 3. The third-order valence-corrected chi connectivity index (χ3v) is 4.51. The summed E-state index contributed by atoms with van der Waals surface area (Å²) in [5, 5.41) is 11.9. The Morgan fingerprint density at radius 2 is 2.41 bits per heavy atom. The van der Waals surface area contributed by atoms with E-state index in [1.54, 1.807) is 11.3 Å². The largest absolute Gasteiger partial charge is 0.481 e. The van der Waals surface area contributed by atoms with Crippen LogP contribution in [-0.4, -0.2) is 29.1 Å². The van der Waals surface area contributed by atoms with Gasteiger partial charge in [-0.2, -0.15) is 0 Å². The lowest BCUT2D eigenvalue weighted by molar-refractivity contribution is -0.144. The molecule has 0 bridgehead atoms. The van der Waals surface area contributed by atoms with Crippen molar-refractivity contribution >= 4 is 28.9 Å². The number of likely N-dealkylation sites (tertiary alicyclic amines) is 1. The zero-order chi connectivity index (χ0) is 12.4. The molecule has 2 atom stereocenters. The second kappa shape index (κ2) is 5.38. The Kier molecular flexibility index (Phi) is 4.07. The number of carboxylic acid groups (broad SMARTS) is 1. The fourth-order valence-electron chi connectivity index (χ4n) is 2.41. The van der Waals surface area contributed by atoms with Crippen LogP contribution in [0.4, 0.5) is 0 Å². The number of aliphatic carboxylic acids is 1. The first-order chi connectivity index (χ1) is 8.06. The standard InChI is InChI=1S/C12H16ClNO2S/c1-8-4-9(12(15)16)6-14(5-8)7-11-10(13)2-3-17-11/h2-3,8-9H,4-7H2,1H3,(H,15,16). The van der Waals surface area contributed by atoms with E-state index in [2.05, 4.69) is 11.8 Å². The summed E-state index contributed by atoms with van der Waals surface area (Å²) in [5.74, 6) is -0.486. The molecule has 2 rings (SSSR count). The Balaban J connectivity index is 2.01. The van der Waals surface area contributed by atoms with Crippen molar-refractivity contribution in [2.45, 2.75) is 19.9 Å². The molecule has 1 aromatic heterocycles. The van der Waals surface area contributed by atoms with Gasteiger partial charge in [-0.3, -0.25) is 9.69 Å².